The summed E-state index contributed by atoms with van der Waals surface area (Å²) in [7, 11) is 0. The molecule has 1 aliphatic heterocycles. The van der Waals surface area contributed by atoms with E-state index in [0.717, 1.165) is 12.1 Å². The lowest BCUT2D eigenvalue weighted by atomic mass is 10.1. The van der Waals surface area contributed by atoms with Crippen molar-refractivity contribution in [3.8, 4) is 0 Å². The molecule has 0 spiro atoms. The minimum absolute atomic E-state index is 0.0347. The lowest BCUT2D eigenvalue weighted by molar-refractivity contribution is -0.901. The van der Waals surface area contributed by atoms with Crippen LogP contribution in [0.3, 0.4) is 0 Å². The third-order valence-electron chi connectivity index (χ3n) is 4.71. The Morgan fingerprint density at radius 2 is 1.72 bits per heavy atom. The van der Waals surface area contributed by atoms with Gasteiger partial charge in [0, 0.05) is 35.0 Å². The molecule has 1 fully saturated rings. The lowest BCUT2D eigenvalue weighted by Crippen LogP contribution is -3.08. The van der Waals surface area contributed by atoms with Gasteiger partial charge in [0.15, 0.2) is 0 Å². The maximum atomic E-state index is 12.3. The summed E-state index contributed by atoms with van der Waals surface area (Å²) in [6.07, 6.45) is 2.89. The third kappa shape index (κ3) is 5.21. The number of nitrogens with one attached hydrogen (secondary N) is 2. The number of benzene rings is 2. The first kappa shape index (κ1) is 18.2. The van der Waals surface area contributed by atoms with Crippen LogP contribution >= 0.6 is 23.2 Å². The van der Waals surface area contributed by atoms with Crippen molar-refractivity contribution in [3.05, 3.63) is 69.2 Å². The van der Waals surface area contributed by atoms with Crippen molar-refractivity contribution in [2.75, 3.05) is 13.1 Å². The SMILES string of the molecule is O=C(Cc1ccc(Cl)cc1Cl)NCc1ccccc1C[NH+]1CCCC1. The molecule has 1 aliphatic rings. The van der Waals surface area contributed by atoms with E-state index in [-0.39, 0.29) is 12.3 Å². The summed E-state index contributed by atoms with van der Waals surface area (Å²) < 4.78 is 0. The molecule has 3 nitrogen and oxygen atoms in total. The molecule has 2 N–H and O–H groups in total. The Morgan fingerprint density at radius 1 is 1.00 bits per heavy atom. The third-order valence-corrected chi connectivity index (χ3v) is 5.30. The number of carbonyl (C=O) groups is 1. The zero-order chi connectivity index (χ0) is 17.6. The highest BCUT2D eigenvalue weighted by atomic mass is 35.5. The van der Waals surface area contributed by atoms with Gasteiger partial charge in [0.25, 0.3) is 0 Å². The highest BCUT2D eigenvalue weighted by Crippen LogP contribution is 2.21. The summed E-state index contributed by atoms with van der Waals surface area (Å²) in [5, 5.41) is 4.12. The van der Waals surface area contributed by atoms with E-state index >= 15 is 0 Å². The molecule has 0 atom stereocenters. The van der Waals surface area contributed by atoms with Crippen molar-refractivity contribution in [1.82, 2.24) is 5.32 Å². The molecule has 1 amide bonds. The quantitative estimate of drug-likeness (QED) is 0.796. The number of quaternary nitrogens is 1. The first-order chi connectivity index (χ1) is 12.1. The van der Waals surface area contributed by atoms with Crippen LogP contribution < -0.4 is 10.2 Å². The van der Waals surface area contributed by atoms with Crippen LogP contribution in [0.25, 0.3) is 0 Å². The van der Waals surface area contributed by atoms with Crippen LogP contribution in [0.4, 0.5) is 0 Å². The lowest BCUT2D eigenvalue weighted by Gasteiger charge is -2.15. The van der Waals surface area contributed by atoms with Gasteiger partial charge in [-0.1, -0.05) is 53.5 Å². The zero-order valence-corrected chi connectivity index (χ0v) is 15.7. The van der Waals surface area contributed by atoms with E-state index < -0.39 is 0 Å². The van der Waals surface area contributed by atoms with E-state index in [1.165, 1.54) is 37.1 Å². The number of likely N-dealkylation sites (tertiary alicyclic amines) is 1. The molecule has 3 rings (SSSR count). The fourth-order valence-corrected chi connectivity index (χ4v) is 3.79. The minimum Gasteiger partial charge on any atom is -0.352 e. The highest BCUT2D eigenvalue weighted by Gasteiger charge is 2.17. The van der Waals surface area contributed by atoms with E-state index in [9.17, 15) is 4.79 Å². The number of amides is 1. The van der Waals surface area contributed by atoms with E-state index in [0.29, 0.717) is 16.6 Å². The van der Waals surface area contributed by atoms with Gasteiger partial charge in [0.2, 0.25) is 5.91 Å². The number of hydrogen-bond donors (Lipinski definition) is 2. The second kappa shape index (κ2) is 8.70. The van der Waals surface area contributed by atoms with Gasteiger partial charge in [-0.25, -0.2) is 0 Å². The summed E-state index contributed by atoms with van der Waals surface area (Å²) in [6.45, 7) is 4.08. The molecule has 0 aromatic heterocycles. The monoisotopic (exact) mass is 377 g/mol. The number of halogens is 2. The first-order valence-corrected chi connectivity index (χ1v) is 9.48. The zero-order valence-electron chi connectivity index (χ0n) is 14.2. The second-order valence-corrected chi connectivity index (χ2v) is 7.44. The van der Waals surface area contributed by atoms with Crippen LogP contribution in [0, 0.1) is 0 Å². The molecule has 0 bridgehead atoms. The molecule has 2 aromatic rings. The predicted octanol–water partition coefficient (Wildman–Crippen LogP) is 3.03. The maximum absolute atomic E-state index is 12.3. The normalized spacial score (nSPS) is 14.6. The second-order valence-electron chi connectivity index (χ2n) is 6.59. The maximum Gasteiger partial charge on any atom is 0.224 e. The fraction of sp³-hybridized carbons (Fsp3) is 0.350. The number of hydrogen-bond acceptors (Lipinski definition) is 1. The van der Waals surface area contributed by atoms with Gasteiger partial charge in [0.1, 0.15) is 6.54 Å². The van der Waals surface area contributed by atoms with E-state index in [2.05, 4.69) is 23.5 Å². The molecule has 0 radical (unpaired) electrons. The highest BCUT2D eigenvalue weighted by molar-refractivity contribution is 6.35. The van der Waals surface area contributed by atoms with Crippen molar-refractivity contribution in [2.24, 2.45) is 0 Å². The van der Waals surface area contributed by atoms with Crippen LogP contribution in [-0.2, 0) is 24.3 Å². The van der Waals surface area contributed by atoms with Crippen molar-refractivity contribution in [1.29, 1.82) is 0 Å². The minimum atomic E-state index is -0.0347. The molecule has 132 valence electrons. The molecule has 5 heteroatoms. The van der Waals surface area contributed by atoms with Gasteiger partial charge in [-0.2, -0.15) is 0 Å². The van der Waals surface area contributed by atoms with Crippen LogP contribution in [0.5, 0.6) is 0 Å². The number of rotatable bonds is 6. The molecular weight excluding hydrogens is 355 g/mol. The van der Waals surface area contributed by atoms with Crippen molar-refractivity contribution >= 4 is 29.1 Å². The largest absolute Gasteiger partial charge is 0.352 e. The van der Waals surface area contributed by atoms with Gasteiger partial charge in [-0.05, 0) is 23.3 Å². The van der Waals surface area contributed by atoms with E-state index in [1.807, 2.05) is 6.07 Å². The van der Waals surface area contributed by atoms with Crippen molar-refractivity contribution in [2.45, 2.75) is 32.4 Å². The summed E-state index contributed by atoms with van der Waals surface area (Å²) in [6, 6.07) is 13.6. The van der Waals surface area contributed by atoms with Gasteiger partial charge in [-0.3, -0.25) is 4.79 Å². The summed E-state index contributed by atoms with van der Waals surface area (Å²) >= 11 is 12.0. The van der Waals surface area contributed by atoms with Crippen molar-refractivity contribution in [3.63, 3.8) is 0 Å². The molecule has 0 unspecified atom stereocenters. The Kier molecular flexibility index (Phi) is 6.35. The van der Waals surface area contributed by atoms with E-state index in [4.69, 9.17) is 23.2 Å². The Morgan fingerprint density at radius 3 is 2.44 bits per heavy atom. The van der Waals surface area contributed by atoms with Crippen LogP contribution in [-0.4, -0.2) is 19.0 Å². The Hall–Kier alpha value is -1.55. The molecule has 1 heterocycles. The fourth-order valence-electron chi connectivity index (χ4n) is 3.32. The Balaban J connectivity index is 1.58. The molecule has 2 aromatic carbocycles. The summed E-state index contributed by atoms with van der Waals surface area (Å²) in [5.41, 5.74) is 3.31. The first-order valence-electron chi connectivity index (χ1n) is 8.73. The Labute approximate surface area is 158 Å². The number of carbonyl (C=O) groups excluding carboxylic acids is 1. The average molecular weight is 378 g/mol. The van der Waals surface area contributed by atoms with Gasteiger partial charge >= 0.3 is 0 Å². The predicted molar refractivity (Wildman–Crippen MR) is 102 cm³/mol. The molecule has 1 saturated heterocycles. The van der Waals surface area contributed by atoms with Crippen molar-refractivity contribution < 1.29 is 9.69 Å². The van der Waals surface area contributed by atoms with Crippen LogP contribution in [0.15, 0.2) is 42.5 Å². The average Bonchev–Trinajstić information content (AvgIpc) is 3.10. The van der Waals surface area contributed by atoms with Crippen LogP contribution in [0.1, 0.15) is 29.5 Å². The smallest absolute Gasteiger partial charge is 0.224 e. The molecular formula is C20H23Cl2N2O+. The van der Waals surface area contributed by atoms with E-state index in [1.54, 1.807) is 23.1 Å². The summed E-state index contributed by atoms with van der Waals surface area (Å²) in [4.78, 5) is 13.9. The summed E-state index contributed by atoms with van der Waals surface area (Å²) in [5.74, 6) is -0.0347. The Bertz CT molecular complexity index is 742. The van der Waals surface area contributed by atoms with Gasteiger partial charge < -0.3 is 10.2 Å². The van der Waals surface area contributed by atoms with Crippen LogP contribution in [0.2, 0.25) is 10.0 Å². The topological polar surface area (TPSA) is 33.5 Å². The van der Waals surface area contributed by atoms with Gasteiger partial charge in [0.05, 0.1) is 19.5 Å². The standard InChI is InChI=1S/C20H22Cl2N2O/c21-18-8-7-15(19(22)12-18)11-20(25)23-13-16-5-1-2-6-17(16)14-24-9-3-4-10-24/h1-2,5-8,12H,3-4,9-11,13-14H2,(H,23,25)/p+1. The molecule has 25 heavy (non-hydrogen) atoms. The molecule has 0 aliphatic carbocycles. The molecule has 0 saturated carbocycles. The van der Waals surface area contributed by atoms with Gasteiger partial charge in [-0.15, -0.1) is 0 Å².